The molecule has 1 aliphatic heterocycles. The first-order chi connectivity index (χ1) is 19.5. The number of carbonyl (C=O) groups excluding carboxylic acids is 6. The molecule has 11 nitrogen and oxygen atoms in total. The summed E-state index contributed by atoms with van der Waals surface area (Å²) >= 11 is 0. The van der Waals surface area contributed by atoms with Gasteiger partial charge in [0.25, 0.3) is 0 Å². The molecule has 11 heteroatoms. The second-order valence-electron chi connectivity index (χ2n) is 12.6. The third-order valence-electron chi connectivity index (χ3n) is 8.62. The number of rotatable bonds is 14. The minimum atomic E-state index is -1.40. The number of esters is 1. The minimum absolute atomic E-state index is 0.00103. The van der Waals surface area contributed by atoms with Crippen molar-refractivity contribution in [1.82, 2.24) is 21.3 Å². The molecule has 0 aromatic heterocycles. The van der Waals surface area contributed by atoms with Gasteiger partial charge in [0.2, 0.25) is 11.8 Å². The maximum Gasteiger partial charge on any atom is 0.309 e. The van der Waals surface area contributed by atoms with E-state index in [0.717, 1.165) is 51.4 Å². The molecule has 0 aromatic rings. The summed E-state index contributed by atoms with van der Waals surface area (Å²) in [6.07, 6.45) is 9.55. The predicted octanol–water partition coefficient (Wildman–Crippen LogP) is 2.20. The molecule has 3 aliphatic rings. The van der Waals surface area contributed by atoms with Crippen molar-refractivity contribution in [2.24, 2.45) is 11.3 Å². The van der Waals surface area contributed by atoms with Crippen molar-refractivity contribution in [3.63, 3.8) is 0 Å². The van der Waals surface area contributed by atoms with Gasteiger partial charge < -0.3 is 26.0 Å². The van der Waals surface area contributed by atoms with Crippen LogP contribution in [0, 0.1) is 11.3 Å². The fourth-order valence-electron chi connectivity index (χ4n) is 6.31. The number of Topliss-reactive ketones (excluding diaryl/α,β-unsaturated/α-hetero) is 1. The number of ether oxygens (including phenoxy) is 1. The van der Waals surface area contributed by atoms with Crippen molar-refractivity contribution in [1.29, 1.82) is 0 Å². The largest absolute Gasteiger partial charge is 0.458 e. The fraction of sp³-hybridized carbons (Fsp3) is 0.800. The van der Waals surface area contributed by atoms with E-state index >= 15 is 0 Å². The summed E-state index contributed by atoms with van der Waals surface area (Å²) in [4.78, 5) is 77.1. The first-order valence-corrected chi connectivity index (χ1v) is 15.4. The third kappa shape index (κ3) is 8.75. The standard InChI is InChI=1S/C30H48N4O7/c1-4-5-6-10-13-24(36)41-17-23(35)30(18-29(19-30)14-15-31-28(29)40)34-25(37)22(16-20(2)3)33-27(39)26(38)32-21-11-8-7-9-12-21/h20-22H,4-19H2,1-3H3,(H,31,40)(H,32,38)(H,33,39)(H,34,37)/t22-,29?,30?/m0/s1. The molecule has 41 heavy (non-hydrogen) atoms. The fourth-order valence-corrected chi connectivity index (χ4v) is 6.31. The van der Waals surface area contributed by atoms with E-state index in [1.54, 1.807) is 0 Å². The highest BCUT2D eigenvalue weighted by Crippen LogP contribution is 2.53. The van der Waals surface area contributed by atoms with E-state index in [1.165, 1.54) is 0 Å². The van der Waals surface area contributed by atoms with Gasteiger partial charge in [0, 0.05) is 19.0 Å². The van der Waals surface area contributed by atoms with E-state index in [1.807, 2.05) is 13.8 Å². The Bertz CT molecular complexity index is 983. The molecule has 3 rings (SSSR count). The van der Waals surface area contributed by atoms with E-state index in [4.69, 9.17) is 4.74 Å². The highest BCUT2D eigenvalue weighted by molar-refractivity contribution is 6.35. The van der Waals surface area contributed by atoms with Crippen LogP contribution in [0.5, 0.6) is 0 Å². The van der Waals surface area contributed by atoms with Crippen LogP contribution in [0.1, 0.15) is 111 Å². The summed E-state index contributed by atoms with van der Waals surface area (Å²) in [6.45, 7) is 5.83. The SMILES string of the molecule is CCCCCCC(=O)OCC(=O)C1(NC(=O)[C@H](CC(C)C)NC(=O)C(=O)NC2CCCCC2)CC2(CCNC2=O)C1. The normalized spacial score (nSPS) is 24.7. The van der Waals surface area contributed by atoms with Gasteiger partial charge in [0.1, 0.15) is 11.6 Å². The monoisotopic (exact) mass is 576 g/mol. The summed E-state index contributed by atoms with van der Waals surface area (Å²) < 4.78 is 5.26. The highest BCUT2D eigenvalue weighted by Gasteiger charge is 2.64. The number of hydrogen-bond acceptors (Lipinski definition) is 7. The van der Waals surface area contributed by atoms with Crippen molar-refractivity contribution >= 4 is 35.4 Å². The molecular formula is C30H48N4O7. The van der Waals surface area contributed by atoms with Gasteiger partial charge in [-0.2, -0.15) is 0 Å². The van der Waals surface area contributed by atoms with Crippen molar-refractivity contribution in [2.45, 2.75) is 128 Å². The number of amides is 4. The van der Waals surface area contributed by atoms with Gasteiger partial charge in [0.05, 0.1) is 5.41 Å². The zero-order chi connectivity index (χ0) is 30.0. The van der Waals surface area contributed by atoms with Crippen molar-refractivity contribution in [3.05, 3.63) is 0 Å². The topological polar surface area (TPSA) is 160 Å². The van der Waals surface area contributed by atoms with Crippen LogP contribution in [0.25, 0.3) is 0 Å². The lowest BCUT2D eigenvalue weighted by molar-refractivity contribution is -0.158. The molecule has 0 radical (unpaired) electrons. The van der Waals surface area contributed by atoms with E-state index in [-0.39, 0.29) is 43.6 Å². The lowest BCUT2D eigenvalue weighted by atomic mass is 9.55. The van der Waals surface area contributed by atoms with Gasteiger partial charge in [-0.3, -0.25) is 28.8 Å². The van der Waals surface area contributed by atoms with Crippen LogP contribution in [0.15, 0.2) is 0 Å². The van der Waals surface area contributed by atoms with Crippen LogP contribution >= 0.6 is 0 Å². The molecule has 1 heterocycles. The van der Waals surface area contributed by atoms with Gasteiger partial charge in [0.15, 0.2) is 12.4 Å². The number of ketones is 1. The zero-order valence-corrected chi connectivity index (χ0v) is 24.9. The summed E-state index contributed by atoms with van der Waals surface area (Å²) in [5, 5.41) is 10.9. The smallest absolute Gasteiger partial charge is 0.309 e. The molecule has 3 fully saturated rings. The number of nitrogens with one attached hydrogen (secondary N) is 4. The van der Waals surface area contributed by atoms with Crippen LogP contribution in [0.3, 0.4) is 0 Å². The molecule has 2 aliphatic carbocycles. The molecule has 0 unspecified atom stereocenters. The lowest BCUT2D eigenvalue weighted by Crippen LogP contribution is -2.70. The van der Waals surface area contributed by atoms with Gasteiger partial charge in [-0.25, -0.2) is 0 Å². The molecule has 2 saturated carbocycles. The molecule has 230 valence electrons. The van der Waals surface area contributed by atoms with E-state index in [0.29, 0.717) is 19.4 Å². The Balaban J connectivity index is 1.66. The van der Waals surface area contributed by atoms with Crippen LogP contribution in [0.2, 0.25) is 0 Å². The molecule has 4 N–H and O–H groups in total. The van der Waals surface area contributed by atoms with E-state index in [2.05, 4.69) is 28.2 Å². The van der Waals surface area contributed by atoms with E-state index < -0.39 is 53.1 Å². The van der Waals surface area contributed by atoms with Gasteiger partial charge in [-0.05, 0) is 50.9 Å². The number of unbranched alkanes of at least 4 members (excludes halogenated alkanes) is 3. The number of carbonyl (C=O) groups is 6. The van der Waals surface area contributed by atoms with Gasteiger partial charge in [-0.1, -0.05) is 59.3 Å². The van der Waals surface area contributed by atoms with Crippen LogP contribution in [0.4, 0.5) is 0 Å². The number of hydrogen-bond donors (Lipinski definition) is 4. The molecule has 0 aromatic carbocycles. The maximum absolute atomic E-state index is 13.5. The summed E-state index contributed by atoms with van der Waals surface area (Å²) in [7, 11) is 0. The Morgan fingerprint density at radius 3 is 2.32 bits per heavy atom. The second kappa shape index (κ2) is 14.8. The van der Waals surface area contributed by atoms with Gasteiger partial charge >= 0.3 is 17.8 Å². The summed E-state index contributed by atoms with van der Waals surface area (Å²) in [5.74, 6) is -3.39. The lowest BCUT2D eigenvalue weighted by Gasteiger charge is -2.52. The molecule has 1 saturated heterocycles. The van der Waals surface area contributed by atoms with Gasteiger partial charge in [-0.15, -0.1) is 0 Å². The zero-order valence-electron chi connectivity index (χ0n) is 24.9. The van der Waals surface area contributed by atoms with E-state index in [9.17, 15) is 28.8 Å². The minimum Gasteiger partial charge on any atom is -0.458 e. The van der Waals surface area contributed by atoms with Crippen LogP contribution in [-0.2, 0) is 33.5 Å². The predicted molar refractivity (Wildman–Crippen MR) is 151 cm³/mol. The molecular weight excluding hydrogens is 528 g/mol. The second-order valence-corrected chi connectivity index (χ2v) is 12.6. The Hall–Kier alpha value is -2.98. The molecule has 1 spiro atoms. The van der Waals surface area contributed by atoms with Crippen molar-refractivity contribution < 1.29 is 33.5 Å². The van der Waals surface area contributed by atoms with Crippen LogP contribution < -0.4 is 21.3 Å². The maximum atomic E-state index is 13.5. The summed E-state index contributed by atoms with van der Waals surface area (Å²) in [6, 6.07) is -1.11. The quantitative estimate of drug-likeness (QED) is 0.140. The third-order valence-corrected chi connectivity index (χ3v) is 8.62. The highest BCUT2D eigenvalue weighted by atomic mass is 16.5. The Labute approximate surface area is 243 Å². The van der Waals surface area contributed by atoms with Crippen molar-refractivity contribution in [3.8, 4) is 0 Å². The average Bonchev–Trinajstić information content (AvgIpc) is 3.29. The van der Waals surface area contributed by atoms with Crippen molar-refractivity contribution in [2.75, 3.05) is 13.2 Å². The Morgan fingerprint density at radius 2 is 1.71 bits per heavy atom. The molecule has 1 atom stereocenters. The summed E-state index contributed by atoms with van der Waals surface area (Å²) in [5.41, 5.74) is -2.16. The molecule has 4 amide bonds. The molecule has 0 bridgehead atoms. The average molecular weight is 577 g/mol. The first kappa shape index (κ1) is 32.5. The Morgan fingerprint density at radius 1 is 1.00 bits per heavy atom. The van der Waals surface area contributed by atoms with Crippen LogP contribution in [-0.4, -0.2) is 66.2 Å². The Kier molecular flexibility index (Phi) is 11.7. The first-order valence-electron chi connectivity index (χ1n) is 15.4.